The largest absolute Gasteiger partial charge is 0.385 e. The summed E-state index contributed by atoms with van der Waals surface area (Å²) in [5.41, 5.74) is 0.334. The molecule has 15 heavy (non-hydrogen) atoms. The van der Waals surface area contributed by atoms with Gasteiger partial charge in [0.1, 0.15) is 0 Å². The highest BCUT2D eigenvalue weighted by atomic mass is 16.5. The zero-order valence-electron chi connectivity index (χ0n) is 11.0. The van der Waals surface area contributed by atoms with Gasteiger partial charge in [-0.2, -0.15) is 0 Å². The van der Waals surface area contributed by atoms with Gasteiger partial charge in [0, 0.05) is 25.8 Å². The Morgan fingerprint density at radius 2 is 2.00 bits per heavy atom. The molecule has 1 rings (SSSR count). The predicted octanol–water partition coefficient (Wildman–Crippen LogP) is 2.78. The van der Waals surface area contributed by atoms with Gasteiger partial charge in [0.15, 0.2) is 0 Å². The Kier molecular flexibility index (Phi) is 4.60. The average Bonchev–Trinajstić information content (AvgIpc) is 2.14. The van der Waals surface area contributed by atoms with Crippen molar-refractivity contribution in [1.29, 1.82) is 0 Å². The summed E-state index contributed by atoms with van der Waals surface area (Å²) in [5.74, 6) is 1.68. The maximum Gasteiger partial charge on any atom is 0.0465 e. The van der Waals surface area contributed by atoms with Gasteiger partial charge in [-0.15, -0.1) is 0 Å². The van der Waals surface area contributed by atoms with Crippen LogP contribution in [0.5, 0.6) is 0 Å². The smallest absolute Gasteiger partial charge is 0.0465 e. The van der Waals surface area contributed by atoms with Gasteiger partial charge in [0.25, 0.3) is 0 Å². The third kappa shape index (κ3) is 3.76. The molecule has 2 heteroatoms. The molecule has 0 N–H and O–H groups in total. The summed E-state index contributed by atoms with van der Waals surface area (Å²) in [7, 11) is 1.80. The molecular weight excluding hydrogens is 186 g/mol. The first-order valence-corrected chi connectivity index (χ1v) is 6.19. The molecule has 0 spiro atoms. The first-order chi connectivity index (χ1) is 6.95. The van der Waals surface area contributed by atoms with Gasteiger partial charge < -0.3 is 4.74 Å². The Morgan fingerprint density at radius 3 is 2.47 bits per heavy atom. The van der Waals surface area contributed by atoms with Crippen molar-refractivity contribution in [2.45, 2.75) is 46.1 Å². The Balaban J connectivity index is 2.41. The first-order valence-electron chi connectivity index (χ1n) is 6.19. The number of piperidine rings is 1. The molecule has 1 aliphatic rings. The molecule has 2 unspecified atom stereocenters. The number of nitrogens with zero attached hydrogens (tertiary/aromatic N) is 1. The van der Waals surface area contributed by atoms with Crippen LogP contribution in [0.4, 0.5) is 0 Å². The van der Waals surface area contributed by atoms with Gasteiger partial charge in [0.05, 0.1) is 0 Å². The summed E-state index contributed by atoms with van der Waals surface area (Å²) in [5, 5.41) is 0. The molecule has 0 aromatic heterocycles. The van der Waals surface area contributed by atoms with Crippen LogP contribution in [-0.4, -0.2) is 37.2 Å². The number of rotatable bonds is 3. The minimum absolute atomic E-state index is 0.334. The zero-order chi connectivity index (χ0) is 11.5. The van der Waals surface area contributed by atoms with E-state index in [2.05, 4.69) is 32.6 Å². The van der Waals surface area contributed by atoms with Crippen molar-refractivity contribution in [3.63, 3.8) is 0 Å². The van der Waals surface area contributed by atoms with Gasteiger partial charge in [0.2, 0.25) is 0 Å². The fourth-order valence-electron chi connectivity index (χ4n) is 2.50. The molecular formula is C13H27NO. The van der Waals surface area contributed by atoms with E-state index in [0.29, 0.717) is 5.54 Å². The number of likely N-dealkylation sites (tertiary alicyclic amines) is 1. The van der Waals surface area contributed by atoms with Gasteiger partial charge in [-0.25, -0.2) is 0 Å². The molecule has 1 aliphatic heterocycles. The van der Waals surface area contributed by atoms with Crippen molar-refractivity contribution in [2.24, 2.45) is 11.8 Å². The minimum Gasteiger partial charge on any atom is -0.385 e. The number of methoxy groups -OCH3 is 1. The van der Waals surface area contributed by atoms with E-state index >= 15 is 0 Å². The molecule has 1 saturated heterocycles. The van der Waals surface area contributed by atoms with E-state index in [1.165, 1.54) is 25.9 Å². The lowest BCUT2D eigenvalue weighted by molar-refractivity contribution is 0.0410. The molecule has 0 aromatic rings. The second-order valence-corrected chi connectivity index (χ2v) is 5.92. The van der Waals surface area contributed by atoms with Crippen molar-refractivity contribution in [3.8, 4) is 0 Å². The summed E-state index contributed by atoms with van der Waals surface area (Å²) in [4.78, 5) is 2.61. The topological polar surface area (TPSA) is 12.5 Å². The SMILES string of the molecule is COCCC1CCN(C(C)(C)C)CC1C. The van der Waals surface area contributed by atoms with E-state index in [1.807, 2.05) is 0 Å². The summed E-state index contributed by atoms with van der Waals surface area (Å²) in [6.45, 7) is 12.8. The Morgan fingerprint density at radius 1 is 1.33 bits per heavy atom. The number of hydrogen-bond acceptors (Lipinski definition) is 2. The molecule has 0 saturated carbocycles. The summed E-state index contributed by atoms with van der Waals surface area (Å²) < 4.78 is 5.17. The van der Waals surface area contributed by atoms with Crippen LogP contribution in [0.3, 0.4) is 0 Å². The van der Waals surface area contributed by atoms with Crippen molar-refractivity contribution in [2.75, 3.05) is 26.8 Å². The highest BCUT2D eigenvalue weighted by Crippen LogP contribution is 2.29. The molecule has 2 nitrogen and oxygen atoms in total. The molecule has 0 aromatic carbocycles. The second kappa shape index (κ2) is 5.31. The highest BCUT2D eigenvalue weighted by Gasteiger charge is 2.31. The summed E-state index contributed by atoms with van der Waals surface area (Å²) in [6.07, 6.45) is 2.57. The van der Waals surface area contributed by atoms with E-state index in [-0.39, 0.29) is 0 Å². The normalized spacial score (nSPS) is 29.4. The van der Waals surface area contributed by atoms with Crippen molar-refractivity contribution in [3.05, 3.63) is 0 Å². The summed E-state index contributed by atoms with van der Waals surface area (Å²) in [6, 6.07) is 0. The van der Waals surface area contributed by atoms with E-state index in [1.54, 1.807) is 7.11 Å². The molecule has 2 atom stereocenters. The standard InChI is InChI=1S/C13H27NO/c1-11-10-14(13(2,3)4)8-6-12(11)7-9-15-5/h11-12H,6-10H2,1-5H3. The van der Waals surface area contributed by atoms with E-state index < -0.39 is 0 Å². The maximum atomic E-state index is 5.17. The van der Waals surface area contributed by atoms with Crippen LogP contribution in [0, 0.1) is 11.8 Å². The van der Waals surface area contributed by atoms with Gasteiger partial charge in [-0.3, -0.25) is 4.90 Å². The van der Waals surface area contributed by atoms with Crippen LogP contribution in [-0.2, 0) is 4.74 Å². The minimum atomic E-state index is 0.334. The molecule has 1 heterocycles. The predicted molar refractivity (Wildman–Crippen MR) is 65.1 cm³/mol. The third-order valence-electron chi connectivity index (χ3n) is 3.72. The monoisotopic (exact) mass is 213 g/mol. The summed E-state index contributed by atoms with van der Waals surface area (Å²) >= 11 is 0. The molecule has 0 amide bonds. The van der Waals surface area contributed by atoms with Crippen LogP contribution in [0.2, 0.25) is 0 Å². The molecule has 0 bridgehead atoms. The lowest BCUT2D eigenvalue weighted by atomic mass is 9.83. The molecule has 90 valence electrons. The fraction of sp³-hybridized carbons (Fsp3) is 1.00. The van der Waals surface area contributed by atoms with Crippen molar-refractivity contribution >= 4 is 0 Å². The number of hydrogen-bond donors (Lipinski definition) is 0. The van der Waals surface area contributed by atoms with Gasteiger partial charge >= 0.3 is 0 Å². The number of ether oxygens (including phenoxy) is 1. The fourth-order valence-corrected chi connectivity index (χ4v) is 2.50. The van der Waals surface area contributed by atoms with Crippen LogP contribution in [0.1, 0.15) is 40.5 Å². The van der Waals surface area contributed by atoms with Crippen LogP contribution < -0.4 is 0 Å². The average molecular weight is 213 g/mol. The lowest BCUT2D eigenvalue weighted by Crippen LogP contribution is -2.49. The van der Waals surface area contributed by atoms with Crippen LogP contribution in [0.15, 0.2) is 0 Å². The quantitative estimate of drug-likeness (QED) is 0.715. The molecule has 1 fully saturated rings. The Bertz CT molecular complexity index is 185. The van der Waals surface area contributed by atoms with Gasteiger partial charge in [-0.1, -0.05) is 6.92 Å². The molecule has 0 aliphatic carbocycles. The van der Waals surface area contributed by atoms with E-state index in [9.17, 15) is 0 Å². The maximum absolute atomic E-state index is 5.17. The highest BCUT2D eigenvalue weighted by molar-refractivity contribution is 4.84. The van der Waals surface area contributed by atoms with Crippen molar-refractivity contribution < 1.29 is 4.74 Å². The Hall–Kier alpha value is -0.0800. The van der Waals surface area contributed by atoms with Crippen molar-refractivity contribution in [1.82, 2.24) is 4.90 Å². The van der Waals surface area contributed by atoms with Crippen LogP contribution in [0.25, 0.3) is 0 Å². The second-order valence-electron chi connectivity index (χ2n) is 5.92. The van der Waals surface area contributed by atoms with E-state index in [4.69, 9.17) is 4.74 Å². The van der Waals surface area contributed by atoms with E-state index in [0.717, 1.165) is 18.4 Å². The third-order valence-corrected chi connectivity index (χ3v) is 3.72. The van der Waals surface area contributed by atoms with Crippen LogP contribution >= 0.6 is 0 Å². The zero-order valence-corrected chi connectivity index (χ0v) is 11.0. The lowest BCUT2D eigenvalue weighted by Gasteiger charge is -2.44. The Labute approximate surface area is 95.0 Å². The van der Waals surface area contributed by atoms with Gasteiger partial charge in [-0.05, 0) is 52.0 Å². The first kappa shape index (κ1) is 13.0. The molecule has 0 radical (unpaired) electrons.